The second-order valence-electron chi connectivity index (χ2n) is 8.87. The summed E-state index contributed by atoms with van der Waals surface area (Å²) in [4.78, 5) is 37.7. The van der Waals surface area contributed by atoms with Gasteiger partial charge in [0.2, 0.25) is 0 Å². The SMILES string of the molecule is COc1ccc2cc(OC(=O)C(F)(F)F)c(C(=O)O[C@@H]3CCCNC[C@H]3NC(=O)c3ccc(O)cc3)cc2c1. The molecule has 0 unspecified atom stereocenters. The Morgan fingerprint density at radius 1 is 1.03 bits per heavy atom. The third-order valence-electron chi connectivity index (χ3n) is 6.16. The lowest BCUT2D eigenvalue weighted by molar-refractivity contribution is -0.189. The van der Waals surface area contributed by atoms with Gasteiger partial charge in [0.05, 0.1) is 13.2 Å². The van der Waals surface area contributed by atoms with E-state index in [2.05, 4.69) is 15.4 Å². The van der Waals surface area contributed by atoms with Crippen molar-refractivity contribution in [3.8, 4) is 17.2 Å². The van der Waals surface area contributed by atoms with Crippen LogP contribution >= 0.6 is 0 Å². The smallest absolute Gasteiger partial charge is 0.491 e. The number of fused-ring (bicyclic) bond motifs is 1. The summed E-state index contributed by atoms with van der Waals surface area (Å²) >= 11 is 0. The van der Waals surface area contributed by atoms with Gasteiger partial charge in [-0.2, -0.15) is 13.2 Å². The number of carbonyl (C=O) groups excluding carboxylic acids is 3. The molecule has 0 saturated carbocycles. The van der Waals surface area contributed by atoms with E-state index >= 15 is 0 Å². The molecule has 0 aromatic heterocycles. The van der Waals surface area contributed by atoms with Gasteiger partial charge in [0.25, 0.3) is 5.91 Å². The average molecular weight is 546 g/mol. The van der Waals surface area contributed by atoms with Gasteiger partial charge in [0.1, 0.15) is 28.9 Å². The Balaban J connectivity index is 1.63. The molecule has 1 saturated heterocycles. The number of hydrogen-bond acceptors (Lipinski definition) is 8. The summed E-state index contributed by atoms with van der Waals surface area (Å²) in [7, 11) is 1.43. The lowest BCUT2D eigenvalue weighted by atomic mass is 10.0. The number of alkyl halides is 3. The molecule has 1 aliphatic heterocycles. The topological polar surface area (TPSA) is 123 Å². The van der Waals surface area contributed by atoms with E-state index in [1.165, 1.54) is 37.4 Å². The first-order chi connectivity index (χ1) is 18.5. The van der Waals surface area contributed by atoms with Crippen LogP contribution in [-0.4, -0.2) is 61.5 Å². The zero-order valence-corrected chi connectivity index (χ0v) is 20.7. The molecule has 3 aromatic rings. The van der Waals surface area contributed by atoms with Crippen molar-refractivity contribution >= 4 is 28.6 Å². The van der Waals surface area contributed by atoms with Crippen molar-refractivity contribution in [2.45, 2.75) is 31.2 Å². The molecule has 1 heterocycles. The molecule has 4 rings (SSSR count). The molecular weight excluding hydrogens is 521 g/mol. The van der Waals surface area contributed by atoms with Gasteiger partial charge in [0.15, 0.2) is 0 Å². The van der Waals surface area contributed by atoms with Crippen LogP contribution in [0.5, 0.6) is 17.2 Å². The van der Waals surface area contributed by atoms with E-state index in [0.717, 1.165) is 6.07 Å². The van der Waals surface area contributed by atoms with Crippen LogP contribution in [0.3, 0.4) is 0 Å². The number of halogens is 3. The van der Waals surface area contributed by atoms with Gasteiger partial charge in [0, 0.05) is 12.1 Å². The molecule has 1 amide bonds. The molecule has 12 heteroatoms. The number of phenolic OH excluding ortho intramolecular Hbond substituents is 1. The molecule has 2 atom stereocenters. The fourth-order valence-corrected chi connectivity index (χ4v) is 4.15. The Morgan fingerprint density at radius 3 is 2.46 bits per heavy atom. The second-order valence-corrected chi connectivity index (χ2v) is 8.87. The Labute approximate surface area is 220 Å². The summed E-state index contributed by atoms with van der Waals surface area (Å²) in [5.41, 5.74) is -0.124. The zero-order valence-electron chi connectivity index (χ0n) is 20.7. The zero-order chi connectivity index (χ0) is 28.2. The van der Waals surface area contributed by atoms with Crippen molar-refractivity contribution < 1.29 is 46.9 Å². The third-order valence-corrected chi connectivity index (χ3v) is 6.16. The molecule has 9 nitrogen and oxygen atoms in total. The molecule has 0 aliphatic carbocycles. The van der Waals surface area contributed by atoms with E-state index in [4.69, 9.17) is 9.47 Å². The van der Waals surface area contributed by atoms with Crippen LogP contribution < -0.4 is 20.1 Å². The van der Waals surface area contributed by atoms with E-state index < -0.39 is 47.5 Å². The minimum absolute atomic E-state index is 0.00970. The van der Waals surface area contributed by atoms with Crippen LogP contribution in [0.2, 0.25) is 0 Å². The molecule has 1 fully saturated rings. The number of nitrogens with one attached hydrogen (secondary N) is 2. The number of ether oxygens (including phenoxy) is 3. The normalized spacial score (nSPS) is 17.6. The predicted molar refractivity (Wildman–Crippen MR) is 133 cm³/mol. The maximum atomic E-state index is 13.3. The number of amides is 1. The Bertz CT molecular complexity index is 1380. The first-order valence-corrected chi connectivity index (χ1v) is 12.0. The monoisotopic (exact) mass is 546 g/mol. The van der Waals surface area contributed by atoms with Gasteiger partial charge in [-0.3, -0.25) is 4.79 Å². The van der Waals surface area contributed by atoms with Crippen molar-refractivity contribution in [3.63, 3.8) is 0 Å². The van der Waals surface area contributed by atoms with Crippen LogP contribution in [-0.2, 0) is 9.53 Å². The maximum Gasteiger partial charge on any atom is 0.491 e. The minimum Gasteiger partial charge on any atom is -0.508 e. The Morgan fingerprint density at radius 2 is 1.77 bits per heavy atom. The Hall–Kier alpha value is -4.32. The van der Waals surface area contributed by atoms with Crippen LogP contribution in [0.15, 0.2) is 54.6 Å². The van der Waals surface area contributed by atoms with E-state index in [1.54, 1.807) is 18.2 Å². The summed E-state index contributed by atoms with van der Waals surface area (Å²) in [5.74, 6) is -4.17. The van der Waals surface area contributed by atoms with E-state index in [0.29, 0.717) is 35.9 Å². The number of rotatable bonds is 6. The van der Waals surface area contributed by atoms with Gasteiger partial charge in [-0.05, 0) is 78.7 Å². The first-order valence-electron chi connectivity index (χ1n) is 12.0. The third kappa shape index (κ3) is 6.77. The molecule has 0 spiro atoms. The lowest BCUT2D eigenvalue weighted by Gasteiger charge is -2.26. The average Bonchev–Trinajstić information content (AvgIpc) is 3.12. The molecule has 39 heavy (non-hydrogen) atoms. The maximum absolute atomic E-state index is 13.3. The highest BCUT2D eigenvalue weighted by Crippen LogP contribution is 2.32. The fraction of sp³-hybridized carbons (Fsp3) is 0.296. The van der Waals surface area contributed by atoms with E-state index in [-0.39, 0.29) is 17.9 Å². The summed E-state index contributed by atoms with van der Waals surface area (Å²) in [6.45, 7) is 0.844. The summed E-state index contributed by atoms with van der Waals surface area (Å²) in [6, 6.07) is 12.0. The fourth-order valence-electron chi connectivity index (χ4n) is 4.15. The molecule has 1 aliphatic rings. The van der Waals surface area contributed by atoms with E-state index in [9.17, 15) is 32.7 Å². The lowest BCUT2D eigenvalue weighted by Crippen LogP contribution is -2.49. The number of methoxy groups -OCH3 is 1. The molecule has 3 N–H and O–H groups in total. The van der Waals surface area contributed by atoms with Gasteiger partial charge in [-0.25, -0.2) is 9.59 Å². The Kier molecular flexibility index (Phi) is 8.24. The van der Waals surface area contributed by atoms with Crippen molar-refractivity contribution in [1.29, 1.82) is 0 Å². The summed E-state index contributed by atoms with van der Waals surface area (Å²) in [6.07, 6.45) is -5.19. The highest BCUT2D eigenvalue weighted by Gasteiger charge is 2.42. The molecule has 3 aromatic carbocycles. The summed E-state index contributed by atoms with van der Waals surface area (Å²) < 4.78 is 54.3. The second kappa shape index (κ2) is 11.6. The standard InChI is InChI=1S/C27H25F3N2O7/c1-37-19-9-6-16-13-23(39-26(36)27(28,29)30)20(12-17(16)11-19)25(35)38-22-3-2-10-31-14-21(22)32-24(34)15-4-7-18(33)8-5-15/h4-9,11-13,21-22,31,33H,2-3,10,14H2,1H3,(H,32,34)/t21-,22-/m1/s1. The molecule has 206 valence electrons. The molecule has 0 radical (unpaired) electrons. The van der Waals surface area contributed by atoms with Crippen molar-refractivity contribution in [2.75, 3.05) is 20.2 Å². The van der Waals surface area contributed by atoms with Crippen LogP contribution in [0.4, 0.5) is 13.2 Å². The first kappa shape index (κ1) is 27.7. The van der Waals surface area contributed by atoms with Crippen molar-refractivity contribution in [3.05, 3.63) is 65.7 Å². The van der Waals surface area contributed by atoms with Crippen LogP contribution in [0.25, 0.3) is 10.8 Å². The van der Waals surface area contributed by atoms with Gasteiger partial charge in [-0.15, -0.1) is 0 Å². The minimum atomic E-state index is -5.29. The number of benzene rings is 3. The summed E-state index contributed by atoms with van der Waals surface area (Å²) in [5, 5.41) is 16.2. The van der Waals surface area contributed by atoms with Crippen LogP contribution in [0, 0.1) is 0 Å². The molecular formula is C27H25F3N2O7. The highest BCUT2D eigenvalue weighted by molar-refractivity contribution is 6.00. The number of carbonyl (C=O) groups is 3. The predicted octanol–water partition coefficient (Wildman–Crippen LogP) is 3.73. The quantitative estimate of drug-likeness (QED) is 0.316. The molecule has 0 bridgehead atoms. The van der Waals surface area contributed by atoms with Gasteiger partial charge in [-0.1, -0.05) is 6.07 Å². The number of aromatic hydroxyl groups is 1. The van der Waals surface area contributed by atoms with Gasteiger partial charge >= 0.3 is 18.1 Å². The van der Waals surface area contributed by atoms with E-state index in [1.807, 2.05) is 0 Å². The number of esters is 2. The van der Waals surface area contributed by atoms with Crippen LogP contribution in [0.1, 0.15) is 33.6 Å². The number of phenols is 1. The largest absolute Gasteiger partial charge is 0.508 e. The van der Waals surface area contributed by atoms with Gasteiger partial charge < -0.3 is 30.0 Å². The highest BCUT2D eigenvalue weighted by atomic mass is 19.4. The number of hydrogen-bond donors (Lipinski definition) is 3. The van der Waals surface area contributed by atoms with Crippen molar-refractivity contribution in [2.24, 2.45) is 0 Å². The van der Waals surface area contributed by atoms with Crippen molar-refractivity contribution in [1.82, 2.24) is 10.6 Å².